The number of rotatable bonds is 0. The summed E-state index contributed by atoms with van der Waals surface area (Å²) in [5, 5.41) is 23.2. The van der Waals surface area contributed by atoms with Crippen LogP contribution in [0.25, 0.3) is 0 Å². The summed E-state index contributed by atoms with van der Waals surface area (Å²) in [5.41, 5.74) is 0. The summed E-state index contributed by atoms with van der Waals surface area (Å²) in [5.74, 6) is 0. The van der Waals surface area contributed by atoms with Gasteiger partial charge < -0.3 is 24.3 Å². The first kappa shape index (κ1) is 36.0. The quantitative estimate of drug-likeness (QED) is 0.373. The van der Waals surface area contributed by atoms with E-state index < -0.39 is 6.10 Å². The molecule has 0 heterocycles. The summed E-state index contributed by atoms with van der Waals surface area (Å²) in [4.78, 5) is 34.7. The number of nitrogens with zero attached hydrogens (tertiary/aromatic N) is 2. The Morgan fingerprint density at radius 1 is 0.789 bits per heavy atom. The van der Waals surface area contributed by atoms with Crippen LogP contribution in [0.4, 0.5) is 0 Å². The number of carbonyl (C=O) groups excluding carboxylic acids is 4. The second kappa shape index (κ2) is 72.6. The van der Waals surface area contributed by atoms with Crippen molar-refractivity contribution in [3.63, 3.8) is 0 Å². The molecule has 0 saturated carbocycles. The zero-order valence-corrected chi connectivity index (χ0v) is 12.1. The Morgan fingerprint density at radius 2 is 0.895 bits per heavy atom. The van der Waals surface area contributed by atoms with Crippen LogP contribution >= 0.6 is 0 Å². The second-order valence-electron chi connectivity index (χ2n) is 1.48. The molecule has 0 aliphatic carbocycles. The van der Waals surface area contributed by atoms with Crippen LogP contribution in [-0.2, 0) is 36.2 Å². The maximum atomic E-state index is 8.68. The minimum Gasteiger partial charge on any atom is -0.542 e. The second-order valence-corrected chi connectivity index (χ2v) is 1.48. The van der Waals surface area contributed by atoms with Crippen molar-refractivity contribution < 1.29 is 41.4 Å². The van der Waals surface area contributed by atoms with Gasteiger partial charge in [-0.2, -0.15) is 38.2 Å². The van der Waals surface area contributed by atoms with Gasteiger partial charge in [-0.3, -0.25) is 25.1 Å². The van der Waals surface area contributed by atoms with Gasteiger partial charge in [-0.25, -0.2) is 0 Å². The number of aliphatic hydroxyl groups excluding tert-OH is 1. The molecule has 0 rings (SSSR count). The van der Waals surface area contributed by atoms with Gasteiger partial charge >= 0.3 is 0 Å². The van der Waals surface area contributed by atoms with E-state index in [-0.39, 0.29) is 17.1 Å². The molecule has 0 unspecified atom stereocenters. The van der Waals surface area contributed by atoms with E-state index in [1.807, 2.05) is 0 Å². The Morgan fingerprint density at radius 3 is 0.895 bits per heavy atom. The molecule has 0 amide bonds. The van der Waals surface area contributed by atoms with Gasteiger partial charge in [0.15, 0.2) is 0 Å². The van der Waals surface area contributed by atoms with E-state index in [9.17, 15) is 0 Å². The predicted octanol–water partition coefficient (Wildman–Crippen LogP) is -0.144. The summed E-state index contributed by atoms with van der Waals surface area (Å²) in [7, 11) is 0. The number of hydrogen-bond donors (Lipinski definition) is 1. The van der Waals surface area contributed by atoms with E-state index in [0.29, 0.717) is 0 Å². The maximum absolute atomic E-state index is 8.68. The Labute approximate surface area is 123 Å². The summed E-state index contributed by atoms with van der Waals surface area (Å²) in [6.45, 7) is 5.28. The topological polar surface area (TPSA) is 136 Å². The van der Waals surface area contributed by atoms with Crippen LogP contribution in [0.1, 0.15) is 27.7 Å². The van der Waals surface area contributed by atoms with Crippen LogP contribution in [0.3, 0.4) is 0 Å². The van der Waals surface area contributed by atoms with Crippen molar-refractivity contribution in [2.75, 3.05) is 0 Å². The average molecular weight is 309 g/mol. The molecule has 1 radical (unpaired) electrons. The van der Waals surface area contributed by atoms with Crippen LogP contribution in [0, 0.1) is 22.7 Å². The van der Waals surface area contributed by atoms with Crippen LogP contribution in [0.5, 0.6) is 0 Å². The van der Waals surface area contributed by atoms with E-state index in [0.717, 1.165) is 0 Å². The molecule has 8 heteroatoms. The van der Waals surface area contributed by atoms with Crippen molar-refractivity contribution >= 4 is 25.1 Å². The first-order chi connectivity index (χ1) is 8.46. The first-order valence-electron chi connectivity index (χ1n) is 4.10. The molecule has 0 bridgehead atoms. The van der Waals surface area contributed by atoms with E-state index >= 15 is 0 Å². The molecule has 7 nitrogen and oxygen atoms in total. The molecule has 0 aromatic heterocycles. The molecule has 1 N–H and O–H groups in total. The zero-order chi connectivity index (χ0) is 15.8. The Hall–Kier alpha value is -1.86. The third-order valence-corrected chi connectivity index (χ3v) is 0.245. The van der Waals surface area contributed by atoms with Crippen LogP contribution < -0.4 is 0 Å². The van der Waals surface area contributed by atoms with Crippen molar-refractivity contribution in [2.45, 2.75) is 33.8 Å². The third-order valence-electron chi connectivity index (χ3n) is 0.245. The maximum Gasteiger partial charge on any atom is 0.228 e. The van der Waals surface area contributed by atoms with Gasteiger partial charge in [0, 0.05) is 17.1 Å². The predicted molar refractivity (Wildman–Crippen MR) is 62.7 cm³/mol. The molecule has 0 aromatic carbocycles. The molecule has 0 spiro atoms. The summed E-state index contributed by atoms with van der Waals surface area (Å²) in [6, 6.07) is 2.62. The van der Waals surface area contributed by atoms with Crippen molar-refractivity contribution in [1.29, 1.82) is 10.5 Å². The van der Waals surface area contributed by atoms with Gasteiger partial charge in [-0.05, 0) is 0 Å². The normalized spacial score (nSPS) is 4.84. The van der Waals surface area contributed by atoms with Crippen molar-refractivity contribution in [2.24, 2.45) is 0 Å². The van der Waals surface area contributed by atoms with Gasteiger partial charge in [0.1, 0.15) is 12.1 Å². The number of hydrogen-bond acceptors (Lipinski definition) is 7. The third kappa shape index (κ3) is 705. The van der Waals surface area contributed by atoms with E-state index in [2.05, 4.69) is 0 Å². The van der Waals surface area contributed by atoms with E-state index in [4.69, 9.17) is 34.8 Å². The molecular weight excluding hydrogens is 295 g/mol. The minimum absolute atomic E-state index is 0. The molecule has 0 aliphatic rings. The van der Waals surface area contributed by atoms with Crippen LogP contribution in [0.15, 0.2) is 0 Å². The Kier molecular flexibility index (Phi) is 137. The fourth-order valence-electron chi connectivity index (χ4n) is 0.0289. The standard InChI is InChI=1S/C3H2N2O.4C2H3O.Mn/c4-1-3(6)2-5;4*1-2-3;/h3,6H;4*1H3;/q;4*-1;. The Bertz CT molecular complexity index is 221. The minimum atomic E-state index is -1.45. The van der Waals surface area contributed by atoms with Crippen molar-refractivity contribution in [1.82, 2.24) is 0 Å². The number of nitriles is 2. The molecule has 0 aliphatic heterocycles. The first-order valence-corrected chi connectivity index (χ1v) is 4.10. The summed E-state index contributed by atoms with van der Waals surface area (Å²) < 4.78 is 0. The van der Waals surface area contributed by atoms with Crippen LogP contribution in [0.2, 0.25) is 0 Å². The van der Waals surface area contributed by atoms with Gasteiger partial charge in [-0.15, -0.1) is 0 Å². The Balaban J connectivity index is -0.0000000287. The molecule has 109 valence electrons. The molecule has 0 fully saturated rings. The van der Waals surface area contributed by atoms with Gasteiger partial charge in [0.2, 0.25) is 6.10 Å². The zero-order valence-electron chi connectivity index (χ0n) is 10.9. The fraction of sp³-hybridized carbons (Fsp3) is 0.455. The molecule has 19 heavy (non-hydrogen) atoms. The van der Waals surface area contributed by atoms with E-state index in [1.54, 1.807) is 0 Å². The monoisotopic (exact) mass is 309 g/mol. The largest absolute Gasteiger partial charge is 0.542 e. The van der Waals surface area contributed by atoms with Crippen LogP contribution in [-0.4, -0.2) is 36.4 Å². The van der Waals surface area contributed by atoms with Gasteiger partial charge in [0.05, 0.1) is 0 Å². The summed E-state index contributed by atoms with van der Waals surface area (Å²) >= 11 is 0. The fourth-order valence-corrected chi connectivity index (χ4v) is 0.0289. The number of aliphatic hydroxyl groups is 1. The average Bonchev–Trinajstić information content (AvgIpc) is 2.32. The SMILES string of the molecule is C[C-]=O.C[C-]=O.C[C-]=O.C[C-]=O.N#CC(O)C#N.[Mn]. The molecular formula is C11H14MnN2O5-4. The van der Waals surface area contributed by atoms with Crippen molar-refractivity contribution in [3.05, 3.63) is 0 Å². The van der Waals surface area contributed by atoms with Crippen molar-refractivity contribution in [3.8, 4) is 12.1 Å². The summed E-state index contributed by atoms with van der Waals surface area (Å²) in [6.07, 6.45) is 4.55. The smallest absolute Gasteiger partial charge is 0.228 e. The molecule has 0 atom stereocenters. The van der Waals surface area contributed by atoms with Gasteiger partial charge in [0.25, 0.3) is 0 Å². The molecule has 0 aromatic rings. The van der Waals surface area contributed by atoms with E-state index in [1.165, 1.54) is 65.0 Å². The molecule has 0 saturated heterocycles. The van der Waals surface area contributed by atoms with Gasteiger partial charge in [-0.1, -0.05) is 0 Å².